The van der Waals surface area contributed by atoms with Crippen LogP contribution in [0.1, 0.15) is 52.4 Å². The summed E-state index contributed by atoms with van der Waals surface area (Å²) in [6.07, 6.45) is 7.80. The van der Waals surface area contributed by atoms with E-state index in [0.717, 1.165) is 70.4 Å². The molecule has 0 fully saturated rings. The number of nitrogens with zero attached hydrogens (tertiary/aromatic N) is 2. The van der Waals surface area contributed by atoms with Crippen LogP contribution in [0.25, 0.3) is 21.8 Å². The lowest BCUT2D eigenvalue weighted by atomic mass is 10.1. The van der Waals surface area contributed by atoms with Crippen molar-refractivity contribution in [2.45, 2.75) is 70.5 Å². The number of fused-ring (bicyclic) bond motifs is 2. The topological polar surface area (TPSA) is 165 Å². The number of benzene rings is 2. The van der Waals surface area contributed by atoms with Gasteiger partial charge < -0.3 is 41.8 Å². The second kappa shape index (κ2) is 20.1. The van der Waals surface area contributed by atoms with Crippen LogP contribution in [-0.4, -0.2) is 73.9 Å². The quantitative estimate of drug-likeness (QED) is 0.0685. The van der Waals surface area contributed by atoms with Crippen molar-refractivity contribution < 1.29 is 19.1 Å². The maximum atomic E-state index is 13.0. The summed E-state index contributed by atoms with van der Waals surface area (Å²) in [5.41, 5.74) is 9.30. The first-order chi connectivity index (χ1) is 23.3. The van der Waals surface area contributed by atoms with Gasteiger partial charge in [-0.05, 0) is 83.2 Å². The monoisotopic (exact) mass is 694 g/mol. The largest absolute Gasteiger partial charge is 0.497 e. The molecular weight excluding hydrogens is 644 g/mol. The summed E-state index contributed by atoms with van der Waals surface area (Å²) in [6.45, 7) is 5.60. The molecule has 4 rings (SSSR count). The first-order valence-corrected chi connectivity index (χ1v) is 16.7. The number of aromatic nitrogens is 2. The average Bonchev–Trinajstić information content (AvgIpc) is 3.10. The van der Waals surface area contributed by atoms with Crippen LogP contribution >= 0.6 is 12.4 Å². The molecule has 0 aliphatic rings. The number of anilines is 2. The van der Waals surface area contributed by atoms with Crippen LogP contribution in [0.4, 0.5) is 16.2 Å². The molecule has 12 nitrogen and oxygen atoms in total. The molecule has 4 aromatic rings. The van der Waals surface area contributed by atoms with Gasteiger partial charge in [-0.2, -0.15) is 0 Å². The van der Waals surface area contributed by atoms with Gasteiger partial charge in [-0.15, -0.1) is 12.4 Å². The van der Waals surface area contributed by atoms with E-state index in [1.165, 1.54) is 0 Å². The molecular formula is C36H51ClN8O4. The molecule has 13 heteroatoms. The van der Waals surface area contributed by atoms with Crippen molar-refractivity contribution in [3.63, 3.8) is 0 Å². The van der Waals surface area contributed by atoms with Gasteiger partial charge in [-0.25, -0.2) is 4.79 Å². The van der Waals surface area contributed by atoms with Crippen LogP contribution in [-0.2, 0) is 4.79 Å². The Morgan fingerprint density at radius 2 is 1.27 bits per heavy atom. The van der Waals surface area contributed by atoms with Crippen LogP contribution in [0.5, 0.6) is 11.5 Å². The van der Waals surface area contributed by atoms with E-state index in [9.17, 15) is 9.59 Å². The van der Waals surface area contributed by atoms with Crippen molar-refractivity contribution in [1.29, 1.82) is 0 Å². The van der Waals surface area contributed by atoms with Crippen molar-refractivity contribution in [2.75, 3.05) is 44.5 Å². The van der Waals surface area contributed by atoms with Crippen molar-refractivity contribution in [3.8, 4) is 11.5 Å². The molecule has 3 amide bonds. The number of nitrogens with two attached hydrogens (primary N) is 1. The normalized spacial score (nSPS) is 12.7. The van der Waals surface area contributed by atoms with Crippen LogP contribution in [0, 0.1) is 0 Å². The van der Waals surface area contributed by atoms with Crippen molar-refractivity contribution >= 4 is 57.5 Å². The molecule has 0 aliphatic heterocycles. The molecule has 0 saturated carbocycles. The lowest BCUT2D eigenvalue weighted by Gasteiger charge is -2.20. The molecule has 2 aromatic heterocycles. The molecule has 0 bridgehead atoms. The number of pyridine rings is 2. The zero-order valence-corrected chi connectivity index (χ0v) is 29.7. The minimum absolute atomic E-state index is 0. The molecule has 0 spiro atoms. The van der Waals surface area contributed by atoms with E-state index in [4.69, 9.17) is 15.2 Å². The Morgan fingerprint density at radius 1 is 0.755 bits per heavy atom. The minimum atomic E-state index is -0.659. The summed E-state index contributed by atoms with van der Waals surface area (Å²) in [6, 6.07) is 14.9. The first-order valence-electron chi connectivity index (χ1n) is 16.7. The number of hydrogen-bond donors (Lipinski definition) is 6. The van der Waals surface area contributed by atoms with Crippen LogP contribution < -0.4 is 41.8 Å². The van der Waals surface area contributed by atoms with Gasteiger partial charge >= 0.3 is 6.03 Å². The number of carbonyl (C=O) groups excluding carboxylic acids is 2. The number of rotatable bonds is 19. The third-order valence-electron chi connectivity index (χ3n) is 8.16. The number of nitrogens with one attached hydrogen (secondary N) is 5. The Hall–Kier alpha value is -4.55. The fraction of sp³-hybridized carbons (Fsp3) is 0.444. The number of methoxy groups -OCH3 is 2. The zero-order valence-electron chi connectivity index (χ0n) is 28.9. The number of urea groups is 1. The lowest BCUT2D eigenvalue weighted by Crippen LogP contribution is -2.50. The minimum Gasteiger partial charge on any atom is -0.497 e. The van der Waals surface area contributed by atoms with Gasteiger partial charge in [0, 0.05) is 60.5 Å². The van der Waals surface area contributed by atoms with E-state index in [-0.39, 0.29) is 36.4 Å². The number of halogens is 1. The Balaban J connectivity index is 0.00000650. The van der Waals surface area contributed by atoms with Gasteiger partial charge in [0.05, 0.1) is 36.6 Å². The van der Waals surface area contributed by atoms with Gasteiger partial charge in [0.2, 0.25) is 5.91 Å². The Labute approximate surface area is 295 Å². The molecule has 0 radical (unpaired) electrons. The van der Waals surface area contributed by atoms with Crippen molar-refractivity contribution in [1.82, 2.24) is 25.9 Å². The highest BCUT2D eigenvalue weighted by molar-refractivity contribution is 5.93. The standard InChI is InChI=1S/C36H50N8O4.ClH/c1-24(42-31-22-28(47-3)20-26-12-8-16-38-33(26)31)10-6-18-40-35(45)30(14-5-15-37)44-36(46)41-19-7-11-25(2)43-32-23-29(48-4)21-27-13-9-17-39-34(27)32;/h8-9,12-13,16-17,20-25,30,42-43H,5-7,10-11,14-15,18-19,37H2,1-4H3,(H,40,45)(H2,41,44,46);1H/t24?,25?,30-;/m0./s1. The molecule has 0 saturated heterocycles. The molecule has 2 heterocycles. The predicted octanol–water partition coefficient (Wildman–Crippen LogP) is 5.61. The van der Waals surface area contributed by atoms with Gasteiger partial charge in [0.15, 0.2) is 0 Å². The number of carbonyl (C=O) groups is 2. The van der Waals surface area contributed by atoms with E-state index in [1.54, 1.807) is 26.6 Å². The van der Waals surface area contributed by atoms with Crippen LogP contribution in [0.3, 0.4) is 0 Å². The summed E-state index contributed by atoms with van der Waals surface area (Å²) in [5.74, 6) is 1.32. The maximum absolute atomic E-state index is 13.0. The van der Waals surface area contributed by atoms with Gasteiger partial charge in [-0.3, -0.25) is 14.8 Å². The second-order valence-corrected chi connectivity index (χ2v) is 12.1. The molecule has 3 atom stereocenters. The molecule has 7 N–H and O–H groups in total. The smallest absolute Gasteiger partial charge is 0.315 e. The highest BCUT2D eigenvalue weighted by atomic mass is 35.5. The second-order valence-electron chi connectivity index (χ2n) is 12.1. The highest BCUT2D eigenvalue weighted by Gasteiger charge is 2.20. The average molecular weight is 695 g/mol. The highest BCUT2D eigenvalue weighted by Crippen LogP contribution is 2.29. The van der Waals surface area contributed by atoms with Gasteiger partial charge in [0.25, 0.3) is 0 Å². The van der Waals surface area contributed by atoms with Crippen LogP contribution in [0.2, 0.25) is 0 Å². The molecule has 0 aliphatic carbocycles. The fourth-order valence-corrected chi connectivity index (χ4v) is 5.61. The van der Waals surface area contributed by atoms with Crippen LogP contribution in [0.15, 0.2) is 60.9 Å². The summed E-state index contributed by atoms with van der Waals surface area (Å²) in [4.78, 5) is 34.8. The summed E-state index contributed by atoms with van der Waals surface area (Å²) >= 11 is 0. The van der Waals surface area contributed by atoms with E-state index >= 15 is 0 Å². The summed E-state index contributed by atoms with van der Waals surface area (Å²) < 4.78 is 10.9. The lowest BCUT2D eigenvalue weighted by molar-refractivity contribution is -0.123. The summed E-state index contributed by atoms with van der Waals surface area (Å²) in [7, 11) is 3.30. The molecule has 49 heavy (non-hydrogen) atoms. The Bertz CT molecular complexity index is 1640. The predicted molar refractivity (Wildman–Crippen MR) is 200 cm³/mol. The number of ether oxygens (including phenoxy) is 2. The van der Waals surface area contributed by atoms with Gasteiger partial charge in [0.1, 0.15) is 17.5 Å². The number of amides is 3. The molecule has 2 unspecified atom stereocenters. The van der Waals surface area contributed by atoms with E-state index < -0.39 is 6.04 Å². The van der Waals surface area contributed by atoms with E-state index in [1.807, 2.05) is 48.5 Å². The zero-order chi connectivity index (χ0) is 34.3. The Morgan fingerprint density at radius 3 is 1.76 bits per heavy atom. The van der Waals surface area contributed by atoms with Gasteiger partial charge in [-0.1, -0.05) is 12.1 Å². The van der Waals surface area contributed by atoms with Crippen molar-refractivity contribution in [2.24, 2.45) is 5.73 Å². The van der Waals surface area contributed by atoms with Crippen molar-refractivity contribution in [3.05, 3.63) is 60.9 Å². The first kappa shape index (κ1) is 38.9. The summed E-state index contributed by atoms with van der Waals surface area (Å²) in [5, 5.41) is 17.8. The third-order valence-corrected chi connectivity index (χ3v) is 8.16. The third kappa shape index (κ3) is 11.8. The van der Waals surface area contributed by atoms with E-state index in [0.29, 0.717) is 32.5 Å². The molecule has 266 valence electrons. The molecule has 2 aromatic carbocycles. The van der Waals surface area contributed by atoms with E-state index in [2.05, 4.69) is 50.4 Å². The SMILES string of the molecule is COc1cc(NC(C)CCCNC(=O)N[C@@H](CCCN)C(=O)NCCCC(C)Nc2cc(OC)cc3cccnc23)c2ncccc2c1.Cl. The Kier molecular flexibility index (Phi) is 15.9. The number of hydrogen-bond acceptors (Lipinski definition) is 9. The fourth-order valence-electron chi connectivity index (χ4n) is 5.61. The maximum Gasteiger partial charge on any atom is 0.315 e.